The van der Waals surface area contributed by atoms with Crippen molar-refractivity contribution in [2.45, 2.75) is 25.4 Å². The van der Waals surface area contributed by atoms with Crippen LogP contribution in [-0.2, 0) is 6.54 Å². The van der Waals surface area contributed by atoms with E-state index >= 15 is 0 Å². The zero-order valence-corrected chi connectivity index (χ0v) is 14.2. The van der Waals surface area contributed by atoms with Gasteiger partial charge in [-0.3, -0.25) is 0 Å². The highest BCUT2D eigenvalue weighted by molar-refractivity contribution is 9.10. The molecule has 0 aromatic heterocycles. The van der Waals surface area contributed by atoms with E-state index in [1.54, 1.807) is 0 Å². The van der Waals surface area contributed by atoms with Gasteiger partial charge in [-0.2, -0.15) is 0 Å². The number of allylic oxidation sites excluding steroid dienone is 1. The van der Waals surface area contributed by atoms with E-state index in [1.165, 1.54) is 16.7 Å². The Kier molecular flexibility index (Phi) is 4.79. The van der Waals surface area contributed by atoms with Crippen LogP contribution in [0.3, 0.4) is 0 Å². The topological polar surface area (TPSA) is 3.24 Å². The van der Waals surface area contributed by atoms with Gasteiger partial charge in [0.25, 0.3) is 0 Å². The van der Waals surface area contributed by atoms with Crippen molar-refractivity contribution in [1.82, 2.24) is 4.90 Å². The Balaban J connectivity index is 1.86. The maximum absolute atomic E-state index is 4.01. The number of halogens is 1. The molecule has 2 heteroatoms. The predicted octanol–water partition coefficient (Wildman–Crippen LogP) is 5.64. The van der Waals surface area contributed by atoms with Gasteiger partial charge in [-0.25, -0.2) is 0 Å². The summed E-state index contributed by atoms with van der Waals surface area (Å²) in [6.45, 7) is 4.94. The van der Waals surface area contributed by atoms with Crippen LogP contribution in [0.25, 0.3) is 5.57 Å². The van der Waals surface area contributed by atoms with Crippen LogP contribution in [0, 0.1) is 0 Å². The molecule has 0 aliphatic carbocycles. The molecule has 3 rings (SSSR count). The van der Waals surface area contributed by atoms with Crippen LogP contribution in [-0.4, -0.2) is 10.9 Å². The van der Waals surface area contributed by atoms with E-state index in [0.717, 1.165) is 23.9 Å². The first-order chi connectivity index (χ1) is 10.8. The highest BCUT2D eigenvalue weighted by Gasteiger charge is 2.19. The summed E-state index contributed by atoms with van der Waals surface area (Å²) in [6, 6.07) is 19.6. The molecule has 1 aliphatic rings. The molecule has 0 bridgehead atoms. The van der Waals surface area contributed by atoms with E-state index in [0.29, 0.717) is 6.04 Å². The third kappa shape index (κ3) is 3.50. The summed E-state index contributed by atoms with van der Waals surface area (Å²) in [5.74, 6) is 0. The highest BCUT2D eigenvalue weighted by Crippen LogP contribution is 2.30. The molecule has 22 heavy (non-hydrogen) atoms. The standard InChI is InChI=1S/C20H20BrN/c1-2-20-13-10-18(17-8-11-19(21)12-9-17)15-22(20)14-16-6-4-3-5-7-16/h2-9,11-12,15,20H,1,10,13-14H2/t20-/m0/s1. The van der Waals surface area contributed by atoms with Crippen LogP contribution in [0.2, 0.25) is 0 Å². The molecule has 0 radical (unpaired) electrons. The van der Waals surface area contributed by atoms with Gasteiger partial charge < -0.3 is 4.90 Å². The fourth-order valence-corrected chi connectivity index (χ4v) is 3.19. The minimum Gasteiger partial charge on any atom is -0.366 e. The first-order valence-corrected chi connectivity index (χ1v) is 8.44. The molecule has 0 N–H and O–H groups in total. The van der Waals surface area contributed by atoms with Crippen molar-refractivity contribution in [3.63, 3.8) is 0 Å². The van der Waals surface area contributed by atoms with Gasteiger partial charge in [-0.15, -0.1) is 6.58 Å². The van der Waals surface area contributed by atoms with Gasteiger partial charge in [-0.1, -0.05) is 64.5 Å². The molecule has 0 saturated carbocycles. The Hall–Kier alpha value is -1.80. The van der Waals surface area contributed by atoms with Crippen molar-refractivity contribution in [3.05, 3.63) is 89.1 Å². The summed E-state index contributed by atoms with van der Waals surface area (Å²) >= 11 is 3.50. The molecule has 2 aromatic rings. The van der Waals surface area contributed by atoms with Gasteiger partial charge in [0.2, 0.25) is 0 Å². The quantitative estimate of drug-likeness (QED) is 0.642. The second-order valence-electron chi connectivity index (χ2n) is 5.66. The van der Waals surface area contributed by atoms with Crippen LogP contribution in [0.15, 0.2) is 77.9 Å². The number of nitrogens with zero attached hydrogens (tertiary/aromatic N) is 1. The second-order valence-corrected chi connectivity index (χ2v) is 6.58. The van der Waals surface area contributed by atoms with Crippen LogP contribution >= 0.6 is 15.9 Å². The Morgan fingerprint density at radius 2 is 1.82 bits per heavy atom. The van der Waals surface area contributed by atoms with Crippen molar-refractivity contribution in [2.75, 3.05) is 0 Å². The highest BCUT2D eigenvalue weighted by atomic mass is 79.9. The molecular formula is C20H20BrN. The zero-order chi connectivity index (χ0) is 15.4. The van der Waals surface area contributed by atoms with Gasteiger partial charge in [0.15, 0.2) is 0 Å². The number of hydrogen-bond acceptors (Lipinski definition) is 1. The Labute approximate surface area is 141 Å². The minimum absolute atomic E-state index is 0.416. The largest absolute Gasteiger partial charge is 0.366 e. The van der Waals surface area contributed by atoms with Gasteiger partial charge in [-0.05, 0) is 41.7 Å². The molecule has 112 valence electrons. The smallest absolute Gasteiger partial charge is 0.0472 e. The summed E-state index contributed by atoms with van der Waals surface area (Å²) in [6.07, 6.45) is 6.60. The Morgan fingerprint density at radius 1 is 1.09 bits per heavy atom. The molecule has 0 unspecified atom stereocenters. The molecule has 0 saturated heterocycles. The molecule has 1 aliphatic heterocycles. The van der Waals surface area contributed by atoms with Crippen molar-refractivity contribution in [2.24, 2.45) is 0 Å². The fraction of sp³-hybridized carbons (Fsp3) is 0.200. The van der Waals surface area contributed by atoms with Crippen molar-refractivity contribution in [3.8, 4) is 0 Å². The first-order valence-electron chi connectivity index (χ1n) is 7.65. The lowest BCUT2D eigenvalue weighted by atomic mass is 9.94. The average molecular weight is 354 g/mol. The van der Waals surface area contributed by atoms with Crippen LogP contribution in [0.4, 0.5) is 0 Å². The van der Waals surface area contributed by atoms with E-state index in [9.17, 15) is 0 Å². The lowest BCUT2D eigenvalue weighted by Gasteiger charge is -2.34. The van der Waals surface area contributed by atoms with Crippen LogP contribution < -0.4 is 0 Å². The second kappa shape index (κ2) is 6.97. The monoisotopic (exact) mass is 353 g/mol. The molecule has 0 amide bonds. The first kappa shape index (κ1) is 15.1. The van der Waals surface area contributed by atoms with Gasteiger partial charge >= 0.3 is 0 Å². The van der Waals surface area contributed by atoms with Crippen molar-refractivity contribution >= 4 is 21.5 Å². The molecule has 1 nitrogen and oxygen atoms in total. The van der Waals surface area contributed by atoms with Crippen LogP contribution in [0.1, 0.15) is 24.0 Å². The van der Waals surface area contributed by atoms with E-state index in [4.69, 9.17) is 0 Å². The van der Waals surface area contributed by atoms with E-state index in [2.05, 4.69) is 94.3 Å². The van der Waals surface area contributed by atoms with Crippen molar-refractivity contribution in [1.29, 1.82) is 0 Å². The third-order valence-electron chi connectivity index (χ3n) is 4.15. The van der Waals surface area contributed by atoms with Crippen LogP contribution in [0.5, 0.6) is 0 Å². The maximum atomic E-state index is 4.01. The van der Waals surface area contributed by atoms with Gasteiger partial charge in [0.05, 0.1) is 0 Å². The summed E-state index contributed by atoms with van der Waals surface area (Å²) in [5.41, 5.74) is 4.05. The maximum Gasteiger partial charge on any atom is 0.0472 e. The third-order valence-corrected chi connectivity index (χ3v) is 4.68. The summed E-state index contributed by atoms with van der Waals surface area (Å²) in [4.78, 5) is 2.41. The number of hydrogen-bond donors (Lipinski definition) is 0. The normalized spacial score (nSPS) is 18.0. The van der Waals surface area contributed by atoms with Gasteiger partial charge in [0.1, 0.15) is 0 Å². The van der Waals surface area contributed by atoms with Gasteiger partial charge in [0, 0.05) is 23.3 Å². The lowest BCUT2D eigenvalue weighted by Crippen LogP contribution is -2.31. The number of benzene rings is 2. The molecule has 2 aromatic carbocycles. The average Bonchev–Trinajstić information content (AvgIpc) is 2.56. The molecule has 0 spiro atoms. The minimum atomic E-state index is 0.416. The SMILES string of the molecule is C=C[C@H]1CCC(c2ccc(Br)cc2)=CN1Cc1ccccc1. The summed E-state index contributed by atoms with van der Waals surface area (Å²) in [7, 11) is 0. The lowest BCUT2D eigenvalue weighted by molar-refractivity contribution is 0.289. The predicted molar refractivity (Wildman–Crippen MR) is 97.3 cm³/mol. The van der Waals surface area contributed by atoms with E-state index < -0.39 is 0 Å². The summed E-state index contributed by atoms with van der Waals surface area (Å²) in [5, 5.41) is 0. The van der Waals surface area contributed by atoms with E-state index in [-0.39, 0.29) is 0 Å². The summed E-state index contributed by atoms with van der Waals surface area (Å²) < 4.78 is 1.12. The van der Waals surface area contributed by atoms with Crippen molar-refractivity contribution < 1.29 is 0 Å². The molecule has 1 atom stereocenters. The molecular weight excluding hydrogens is 334 g/mol. The molecule has 1 heterocycles. The zero-order valence-electron chi connectivity index (χ0n) is 12.6. The molecule has 0 fully saturated rings. The Bertz CT molecular complexity index is 658. The van der Waals surface area contributed by atoms with E-state index in [1.807, 2.05) is 0 Å². The number of rotatable bonds is 4. The fourth-order valence-electron chi connectivity index (χ4n) is 2.92. The Morgan fingerprint density at radius 3 is 2.50 bits per heavy atom.